The van der Waals surface area contributed by atoms with Crippen molar-refractivity contribution >= 4 is 22.6 Å². The number of anilines is 1. The average molecular weight is 431 g/mol. The number of hydrogen-bond acceptors (Lipinski definition) is 5. The average Bonchev–Trinajstić information content (AvgIpc) is 3.26. The number of aryl methyl sites for hydroxylation is 1. The lowest BCUT2D eigenvalue weighted by Crippen LogP contribution is -2.12. The summed E-state index contributed by atoms with van der Waals surface area (Å²) in [6, 6.07) is 18.8. The van der Waals surface area contributed by atoms with Gasteiger partial charge in [-0.3, -0.25) is 4.79 Å². The fraction of sp³-hybridized carbons (Fsp3) is 0.240. The van der Waals surface area contributed by atoms with Crippen molar-refractivity contribution in [3.63, 3.8) is 0 Å². The predicted molar refractivity (Wildman–Crippen MR) is 125 cm³/mol. The maximum atomic E-state index is 12.8. The van der Waals surface area contributed by atoms with Gasteiger partial charge in [0.05, 0.1) is 19.9 Å². The quantitative estimate of drug-likeness (QED) is 0.424. The fourth-order valence-corrected chi connectivity index (χ4v) is 3.43. The number of nitrogens with one attached hydrogen (secondary N) is 1. The molecule has 0 saturated heterocycles. The van der Waals surface area contributed by atoms with Crippen LogP contribution in [0.25, 0.3) is 16.7 Å². The molecule has 0 aliphatic heterocycles. The molecular formula is C25H26N4O3. The lowest BCUT2D eigenvalue weighted by molar-refractivity contribution is 0.102. The summed E-state index contributed by atoms with van der Waals surface area (Å²) >= 11 is 0. The highest BCUT2D eigenvalue weighted by Gasteiger charge is 2.12. The maximum Gasteiger partial charge on any atom is 0.255 e. The van der Waals surface area contributed by atoms with Crippen LogP contribution >= 0.6 is 0 Å². The summed E-state index contributed by atoms with van der Waals surface area (Å²) in [5.41, 5.74) is 4.73. The Morgan fingerprint density at radius 3 is 2.25 bits per heavy atom. The maximum absolute atomic E-state index is 12.8. The molecule has 0 fully saturated rings. The molecule has 0 bridgehead atoms. The Bertz CT molecular complexity index is 1210. The van der Waals surface area contributed by atoms with E-state index in [1.54, 1.807) is 37.2 Å². The molecule has 7 nitrogen and oxygen atoms in total. The molecule has 164 valence electrons. The zero-order valence-electron chi connectivity index (χ0n) is 18.5. The molecule has 0 aliphatic carbocycles. The second kappa shape index (κ2) is 9.51. The summed E-state index contributed by atoms with van der Waals surface area (Å²) in [6.07, 6.45) is 3.44. The minimum Gasteiger partial charge on any atom is -0.497 e. The molecular weight excluding hydrogens is 404 g/mol. The van der Waals surface area contributed by atoms with Gasteiger partial charge in [-0.15, -0.1) is 10.2 Å². The number of amides is 1. The van der Waals surface area contributed by atoms with Gasteiger partial charge in [-0.1, -0.05) is 25.5 Å². The number of carbonyl (C=O) groups is 1. The summed E-state index contributed by atoms with van der Waals surface area (Å²) in [5, 5.41) is 12.0. The Kier molecular flexibility index (Phi) is 6.35. The summed E-state index contributed by atoms with van der Waals surface area (Å²) < 4.78 is 10.5. The van der Waals surface area contributed by atoms with Crippen LogP contribution in [0.2, 0.25) is 0 Å². The second-order valence-electron chi connectivity index (χ2n) is 7.52. The zero-order valence-corrected chi connectivity index (χ0v) is 18.5. The van der Waals surface area contributed by atoms with E-state index in [-0.39, 0.29) is 5.91 Å². The van der Waals surface area contributed by atoms with Crippen LogP contribution in [0, 0.1) is 0 Å². The molecule has 1 heterocycles. The van der Waals surface area contributed by atoms with Gasteiger partial charge in [0.1, 0.15) is 22.5 Å². The number of unbranched alkanes of at least 4 members (excludes halogenated alkanes) is 1. The fourth-order valence-electron chi connectivity index (χ4n) is 3.43. The van der Waals surface area contributed by atoms with Crippen molar-refractivity contribution in [2.75, 3.05) is 19.5 Å². The molecule has 32 heavy (non-hydrogen) atoms. The van der Waals surface area contributed by atoms with E-state index >= 15 is 0 Å². The summed E-state index contributed by atoms with van der Waals surface area (Å²) in [4.78, 5) is 14.4. The molecule has 0 aliphatic rings. The topological polar surface area (TPSA) is 78.3 Å². The van der Waals surface area contributed by atoms with Crippen molar-refractivity contribution in [1.29, 1.82) is 0 Å². The Morgan fingerprint density at radius 2 is 1.59 bits per heavy atom. The molecule has 0 unspecified atom stereocenters. The summed E-state index contributed by atoms with van der Waals surface area (Å²) in [7, 11) is 3.10. The van der Waals surface area contributed by atoms with Crippen molar-refractivity contribution < 1.29 is 14.3 Å². The SMILES string of the molecule is CCCCc1ccc(-n2nc3ccc(NC(=O)c4cc(OC)cc(OC)c4)cc3n2)cc1. The van der Waals surface area contributed by atoms with Gasteiger partial charge in [0, 0.05) is 17.3 Å². The molecule has 0 atom stereocenters. The van der Waals surface area contributed by atoms with E-state index in [2.05, 4.69) is 34.6 Å². The van der Waals surface area contributed by atoms with Gasteiger partial charge in [-0.05, 0) is 60.9 Å². The number of aromatic nitrogens is 3. The second-order valence-corrected chi connectivity index (χ2v) is 7.52. The van der Waals surface area contributed by atoms with E-state index in [1.807, 2.05) is 30.3 Å². The van der Waals surface area contributed by atoms with Crippen LogP contribution in [0.15, 0.2) is 60.7 Å². The van der Waals surface area contributed by atoms with E-state index < -0.39 is 0 Å². The number of carbonyl (C=O) groups excluding carboxylic acids is 1. The lowest BCUT2D eigenvalue weighted by Gasteiger charge is -2.09. The molecule has 0 radical (unpaired) electrons. The first-order chi connectivity index (χ1) is 15.6. The molecule has 4 rings (SSSR count). The smallest absolute Gasteiger partial charge is 0.255 e. The molecule has 1 N–H and O–H groups in total. The van der Waals surface area contributed by atoms with E-state index in [1.165, 1.54) is 18.4 Å². The van der Waals surface area contributed by atoms with E-state index in [9.17, 15) is 4.79 Å². The van der Waals surface area contributed by atoms with Gasteiger partial charge in [0.2, 0.25) is 0 Å². The molecule has 1 aromatic heterocycles. The molecule has 0 spiro atoms. The third-order valence-electron chi connectivity index (χ3n) is 5.24. The first-order valence-corrected chi connectivity index (χ1v) is 10.6. The van der Waals surface area contributed by atoms with E-state index in [4.69, 9.17) is 9.47 Å². The van der Waals surface area contributed by atoms with Gasteiger partial charge in [0.15, 0.2) is 0 Å². The highest BCUT2D eigenvalue weighted by molar-refractivity contribution is 6.05. The van der Waals surface area contributed by atoms with Gasteiger partial charge < -0.3 is 14.8 Å². The van der Waals surface area contributed by atoms with E-state index in [0.717, 1.165) is 17.6 Å². The third kappa shape index (κ3) is 4.72. The van der Waals surface area contributed by atoms with Crippen molar-refractivity contribution in [3.8, 4) is 17.2 Å². The van der Waals surface area contributed by atoms with Crippen LogP contribution < -0.4 is 14.8 Å². The Morgan fingerprint density at radius 1 is 0.906 bits per heavy atom. The number of ether oxygens (including phenoxy) is 2. The Hall–Kier alpha value is -3.87. The standard InChI is InChI=1S/C25H26N4O3/c1-4-5-6-17-7-10-20(11-8-17)29-27-23-12-9-19(15-24(23)28-29)26-25(30)18-13-21(31-2)16-22(14-18)32-3/h7-16H,4-6H2,1-3H3,(H,26,30). The molecule has 1 amide bonds. The van der Waals surface area contributed by atoms with Crippen LogP contribution in [0.1, 0.15) is 35.7 Å². The molecule has 4 aromatic rings. The number of fused-ring (bicyclic) bond motifs is 1. The normalized spacial score (nSPS) is 10.8. The zero-order chi connectivity index (χ0) is 22.5. The highest BCUT2D eigenvalue weighted by Crippen LogP contribution is 2.24. The van der Waals surface area contributed by atoms with Gasteiger partial charge in [0.25, 0.3) is 5.91 Å². The molecule has 3 aromatic carbocycles. The number of hydrogen-bond donors (Lipinski definition) is 1. The molecule has 7 heteroatoms. The summed E-state index contributed by atoms with van der Waals surface area (Å²) in [6.45, 7) is 2.19. The number of rotatable bonds is 8. The minimum atomic E-state index is -0.267. The van der Waals surface area contributed by atoms with Crippen LogP contribution in [-0.2, 0) is 6.42 Å². The van der Waals surface area contributed by atoms with Crippen molar-refractivity contribution in [1.82, 2.24) is 15.0 Å². The predicted octanol–water partition coefficient (Wildman–Crippen LogP) is 5.03. The number of benzene rings is 3. The Balaban J connectivity index is 1.54. The van der Waals surface area contributed by atoms with Crippen LogP contribution in [0.4, 0.5) is 5.69 Å². The first kappa shape index (κ1) is 21.4. The van der Waals surface area contributed by atoms with Gasteiger partial charge >= 0.3 is 0 Å². The lowest BCUT2D eigenvalue weighted by atomic mass is 10.1. The van der Waals surface area contributed by atoms with Crippen LogP contribution in [0.5, 0.6) is 11.5 Å². The number of nitrogens with zero attached hydrogens (tertiary/aromatic N) is 3. The minimum absolute atomic E-state index is 0.267. The van der Waals surface area contributed by atoms with Crippen LogP contribution in [-0.4, -0.2) is 35.1 Å². The van der Waals surface area contributed by atoms with E-state index in [0.29, 0.717) is 28.3 Å². The van der Waals surface area contributed by atoms with Gasteiger partial charge in [-0.2, -0.15) is 4.80 Å². The van der Waals surface area contributed by atoms with Crippen molar-refractivity contribution in [2.24, 2.45) is 0 Å². The van der Waals surface area contributed by atoms with Gasteiger partial charge in [-0.25, -0.2) is 0 Å². The summed E-state index contributed by atoms with van der Waals surface area (Å²) in [5.74, 6) is 0.832. The van der Waals surface area contributed by atoms with Crippen molar-refractivity contribution in [3.05, 3.63) is 71.8 Å². The third-order valence-corrected chi connectivity index (χ3v) is 5.24. The molecule has 0 saturated carbocycles. The first-order valence-electron chi connectivity index (χ1n) is 10.6. The monoisotopic (exact) mass is 430 g/mol. The highest BCUT2D eigenvalue weighted by atomic mass is 16.5. The van der Waals surface area contributed by atoms with Crippen molar-refractivity contribution in [2.45, 2.75) is 26.2 Å². The Labute approximate surface area is 187 Å². The van der Waals surface area contributed by atoms with Crippen LogP contribution in [0.3, 0.4) is 0 Å². The number of methoxy groups -OCH3 is 2. The largest absolute Gasteiger partial charge is 0.497 e.